The lowest BCUT2D eigenvalue weighted by atomic mass is 10.1. The van der Waals surface area contributed by atoms with Gasteiger partial charge in [-0.05, 0) is 31.2 Å². The Morgan fingerprint density at radius 1 is 1.42 bits per heavy atom. The highest BCUT2D eigenvalue weighted by molar-refractivity contribution is 5.64. The lowest BCUT2D eigenvalue weighted by Crippen LogP contribution is -2.11. The fourth-order valence-corrected chi connectivity index (χ4v) is 1.28. The zero-order chi connectivity index (χ0) is 8.55. The molecule has 1 atom stereocenters. The van der Waals surface area contributed by atoms with Gasteiger partial charge in [0, 0.05) is 11.3 Å². The number of nitrogen functional groups attached to an aromatic ring is 1. The van der Waals surface area contributed by atoms with E-state index in [2.05, 4.69) is 0 Å². The molecule has 1 aliphatic heterocycles. The maximum Gasteiger partial charge on any atom is 0.127 e. The van der Waals surface area contributed by atoms with Gasteiger partial charge in [-0.15, -0.1) is 0 Å². The van der Waals surface area contributed by atoms with E-state index < -0.39 is 0 Å². The van der Waals surface area contributed by atoms with E-state index >= 15 is 0 Å². The molecule has 0 amide bonds. The van der Waals surface area contributed by atoms with Crippen molar-refractivity contribution in [3.63, 3.8) is 0 Å². The molecule has 2 rings (SSSR count). The Labute approximate surface area is 71.6 Å². The predicted octanol–water partition coefficient (Wildman–Crippen LogP) is 2.06. The van der Waals surface area contributed by atoms with Gasteiger partial charge in [0.1, 0.15) is 11.9 Å². The van der Waals surface area contributed by atoms with Crippen LogP contribution in [0.15, 0.2) is 24.3 Å². The Hall–Kier alpha value is -1.44. The highest BCUT2D eigenvalue weighted by Gasteiger charge is 2.09. The Morgan fingerprint density at radius 3 is 3.08 bits per heavy atom. The van der Waals surface area contributed by atoms with E-state index in [4.69, 9.17) is 10.5 Å². The molecule has 1 heterocycles. The smallest absolute Gasteiger partial charge is 0.127 e. The van der Waals surface area contributed by atoms with Crippen LogP contribution in [-0.4, -0.2) is 6.10 Å². The topological polar surface area (TPSA) is 35.2 Å². The molecular formula is C10H11NO. The molecule has 0 aliphatic carbocycles. The summed E-state index contributed by atoms with van der Waals surface area (Å²) in [5.41, 5.74) is 7.46. The lowest BCUT2D eigenvalue weighted by Gasteiger charge is -2.17. The van der Waals surface area contributed by atoms with Crippen LogP contribution >= 0.6 is 0 Å². The molecule has 2 heteroatoms. The van der Waals surface area contributed by atoms with Gasteiger partial charge in [-0.2, -0.15) is 0 Å². The zero-order valence-electron chi connectivity index (χ0n) is 6.95. The van der Waals surface area contributed by atoms with Crippen molar-refractivity contribution in [2.75, 3.05) is 5.73 Å². The molecule has 12 heavy (non-hydrogen) atoms. The number of benzene rings is 1. The third-order valence-electron chi connectivity index (χ3n) is 1.89. The van der Waals surface area contributed by atoms with E-state index in [1.807, 2.05) is 37.3 Å². The first kappa shape index (κ1) is 7.22. The average Bonchev–Trinajstić information content (AvgIpc) is 2.05. The van der Waals surface area contributed by atoms with Gasteiger partial charge >= 0.3 is 0 Å². The highest BCUT2D eigenvalue weighted by Crippen LogP contribution is 2.27. The van der Waals surface area contributed by atoms with Crippen molar-refractivity contribution in [2.45, 2.75) is 13.0 Å². The molecule has 1 aliphatic rings. The van der Waals surface area contributed by atoms with Crippen LogP contribution in [0.1, 0.15) is 12.5 Å². The first-order valence-electron chi connectivity index (χ1n) is 4.00. The second kappa shape index (κ2) is 2.55. The molecule has 2 N–H and O–H groups in total. The van der Waals surface area contributed by atoms with Gasteiger partial charge in [-0.1, -0.05) is 6.08 Å². The lowest BCUT2D eigenvalue weighted by molar-refractivity contribution is 0.266. The van der Waals surface area contributed by atoms with Crippen LogP contribution in [0.4, 0.5) is 5.69 Å². The standard InChI is InChI=1S/C10H11NO/c1-7-2-3-8-6-9(11)4-5-10(8)12-7/h2-7H,11H2,1H3. The molecule has 2 nitrogen and oxygen atoms in total. The Balaban J connectivity index is 2.47. The summed E-state index contributed by atoms with van der Waals surface area (Å²) in [6.07, 6.45) is 4.22. The third kappa shape index (κ3) is 1.16. The normalized spacial score (nSPS) is 19.9. The molecule has 0 saturated carbocycles. The summed E-state index contributed by atoms with van der Waals surface area (Å²) in [5.74, 6) is 0.916. The quantitative estimate of drug-likeness (QED) is 0.591. The van der Waals surface area contributed by atoms with Crippen molar-refractivity contribution in [3.05, 3.63) is 29.8 Å². The summed E-state index contributed by atoms with van der Waals surface area (Å²) in [6.45, 7) is 2.01. The van der Waals surface area contributed by atoms with Gasteiger partial charge in [0.15, 0.2) is 0 Å². The third-order valence-corrected chi connectivity index (χ3v) is 1.89. The number of rotatable bonds is 0. The number of ether oxygens (including phenoxy) is 1. The van der Waals surface area contributed by atoms with E-state index in [-0.39, 0.29) is 6.10 Å². The van der Waals surface area contributed by atoms with Crippen molar-refractivity contribution in [1.82, 2.24) is 0 Å². The van der Waals surface area contributed by atoms with Crippen LogP contribution < -0.4 is 10.5 Å². The minimum atomic E-state index is 0.168. The Bertz CT molecular complexity index is 331. The Morgan fingerprint density at radius 2 is 2.25 bits per heavy atom. The zero-order valence-corrected chi connectivity index (χ0v) is 6.95. The number of nitrogens with two attached hydrogens (primary N) is 1. The molecule has 1 unspecified atom stereocenters. The van der Waals surface area contributed by atoms with Gasteiger partial charge < -0.3 is 10.5 Å². The monoisotopic (exact) mass is 161 g/mol. The maximum atomic E-state index is 5.63. The molecule has 0 aromatic heterocycles. The van der Waals surface area contributed by atoms with Crippen molar-refractivity contribution in [3.8, 4) is 5.75 Å². The van der Waals surface area contributed by atoms with Gasteiger partial charge in [-0.25, -0.2) is 0 Å². The van der Waals surface area contributed by atoms with Crippen LogP contribution in [0, 0.1) is 0 Å². The minimum absolute atomic E-state index is 0.168. The van der Waals surface area contributed by atoms with Crippen LogP contribution in [0.3, 0.4) is 0 Å². The van der Waals surface area contributed by atoms with E-state index in [0.29, 0.717) is 0 Å². The van der Waals surface area contributed by atoms with Gasteiger partial charge in [0.25, 0.3) is 0 Å². The molecule has 0 bridgehead atoms. The van der Waals surface area contributed by atoms with Crippen molar-refractivity contribution in [2.24, 2.45) is 0 Å². The van der Waals surface area contributed by atoms with Crippen molar-refractivity contribution in [1.29, 1.82) is 0 Å². The molecule has 0 saturated heterocycles. The van der Waals surface area contributed by atoms with Gasteiger partial charge in [0.2, 0.25) is 0 Å². The second-order valence-corrected chi connectivity index (χ2v) is 2.98. The SMILES string of the molecule is CC1C=Cc2cc(N)ccc2O1. The average molecular weight is 161 g/mol. The summed E-state index contributed by atoms with van der Waals surface area (Å²) in [4.78, 5) is 0. The fourth-order valence-electron chi connectivity index (χ4n) is 1.28. The van der Waals surface area contributed by atoms with Crippen LogP contribution in [0.2, 0.25) is 0 Å². The summed E-state index contributed by atoms with van der Waals surface area (Å²) in [6, 6.07) is 5.67. The largest absolute Gasteiger partial charge is 0.486 e. The predicted molar refractivity (Wildman–Crippen MR) is 50.0 cm³/mol. The minimum Gasteiger partial charge on any atom is -0.486 e. The second-order valence-electron chi connectivity index (χ2n) is 2.98. The summed E-state index contributed by atoms with van der Waals surface area (Å²) >= 11 is 0. The number of fused-ring (bicyclic) bond motifs is 1. The number of hydrogen-bond acceptors (Lipinski definition) is 2. The molecular weight excluding hydrogens is 150 g/mol. The first-order chi connectivity index (χ1) is 5.75. The summed E-state index contributed by atoms with van der Waals surface area (Å²) in [5, 5.41) is 0. The first-order valence-corrected chi connectivity index (χ1v) is 4.00. The number of hydrogen-bond donors (Lipinski definition) is 1. The van der Waals surface area contributed by atoms with Crippen LogP contribution in [0.25, 0.3) is 6.08 Å². The van der Waals surface area contributed by atoms with E-state index in [1.54, 1.807) is 0 Å². The fraction of sp³-hybridized carbons (Fsp3) is 0.200. The van der Waals surface area contributed by atoms with Crippen LogP contribution in [0.5, 0.6) is 5.75 Å². The molecule has 0 spiro atoms. The van der Waals surface area contributed by atoms with Gasteiger partial charge in [0.05, 0.1) is 0 Å². The van der Waals surface area contributed by atoms with E-state index in [9.17, 15) is 0 Å². The highest BCUT2D eigenvalue weighted by atomic mass is 16.5. The van der Waals surface area contributed by atoms with Gasteiger partial charge in [-0.3, -0.25) is 0 Å². The van der Waals surface area contributed by atoms with E-state index in [1.165, 1.54) is 0 Å². The number of anilines is 1. The molecule has 0 fully saturated rings. The summed E-state index contributed by atoms with van der Waals surface area (Å²) in [7, 11) is 0. The van der Waals surface area contributed by atoms with Crippen molar-refractivity contribution < 1.29 is 4.74 Å². The molecule has 1 aromatic rings. The molecule has 62 valence electrons. The molecule has 0 radical (unpaired) electrons. The maximum absolute atomic E-state index is 5.63. The van der Waals surface area contributed by atoms with E-state index in [0.717, 1.165) is 17.0 Å². The Kier molecular flexibility index (Phi) is 1.54. The van der Waals surface area contributed by atoms with Crippen molar-refractivity contribution >= 4 is 11.8 Å². The molecule has 1 aromatic carbocycles. The van der Waals surface area contributed by atoms with Crippen LogP contribution in [-0.2, 0) is 0 Å². The summed E-state index contributed by atoms with van der Waals surface area (Å²) < 4.78 is 5.54.